The molecule has 0 radical (unpaired) electrons. The second-order valence-corrected chi connectivity index (χ2v) is 14.5. The summed E-state index contributed by atoms with van der Waals surface area (Å²) in [5.74, 6) is 0. The summed E-state index contributed by atoms with van der Waals surface area (Å²) in [7, 11) is 0. The molecule has 9 rings (SSSR count). The van der Waals surface area contributed by atoms with Gasteiger partial charge in [0.1, 0.15) is 0 Å². The van der Waals surface area contributed by atoms with Gasteiger partial charge in [-0.2, -0.15) is 0 Å². The highest BCUT2D eigenvalue weighted by atomic mass is 15.1. The van der Waals surface area contributed by atoms with E-state index in [2.05, 4.69) is 196 Å². The van der Waals surface area contributed by atoms with Crippen LogP contribution < -0.4 is 4.90 Å². The van der Waals surface area contributed by atoms with Gasteiger partial charge in [-0.1, -0.05) is 161 Å². The molecule has 0 heterocycles. The van der Waals surface area contributed by atoms with Gasteiger partial charge in [-0.25, -0.2) is 0 Å². The first kappa shape index (κ1) is 29.5. The molecule has 0 atom stereocenters. The van der Waals surface area contributed by atoms with Gasteiger partial charge < -0.3 is 4.90 Å². The molecule has 0 N–H and O–H groups in total. The summed E-state index contributed by atoms with van der Waals surface area (Å²) in [4.78, 5) is 2.46. The quantitative estimate of drug-likeness (QED) is 0.183. The van der Waals surface area contributed by atoms with Gasteiger partial charge in [0.05, 0.1) is 11.4 Å². The number of nitrogens with zero attached hydrogens (tertiary/aromatic N) is 1. The number of hydrogen-bond acceptors (Lipinski definition) is 1. The smallest absolute Gasteiger partial charge is 0.0543 e. The third-order valence-electron chi connectivity index (χ3n) is 11.1. The molecule has 2 aliphatic carbocycles. The first-order valence-corrected chi connectivity index (χ1v) is 17.4. The van der Waals surface area contributed by atoms with Gasteiger partial charge in [-0.3, -0.25) is 0 Å². The maximum atomic E-state index is 2.48. The Kier molecular flexibility index (Phi) is 6.58. The van der Waals surface area contributed by atoms with Crippen LogP contribution in [0.25, 0.3) is 44.5 Å². The number of rotatable bonds is 5. The van der Waals surface area contributed by atoms with Crippen LogP contribution in [-0.2, 0) is 10.8 Å². The molecule has 0 spiro atoms. The van der Waals surface area contributed by atoms with E-state index in [1.54, 1.807) is 0 Å². The molecular formula is C48H39N. The number of para-hydroxylation sites is 2. The maximum Gasteiger partial charge on any atom is 0.0543 e. The molecule has 0 unspecified atom stereocenters. The zero-order valence-electron chi connectivity index (χ0n) is 28.5. The summed E-state index contributed by atoms with van der Waals surface area (Å²) in [6.07, 6.45) is 0. The Balaban J connectivity index is 1.24. The monoisotopic (exact) mass is 629 g/mol. The molecule has 0 aliphatic heterocycles. The van der Waals surface area contributed by atoms with Crippen molar-refractivity contribution >= 4 is 17.1 Å². The number of hydrogen-bond donors (Lipinski definition) is 0. The van der Waals surface area contributed by atoms with Gasteiger partial charge in [0.2, 0.25) is 0 Å². The minimum Gasteiger partial charge on any atom is -0.309 e. The highest BCUT2D eigenvalue weighted by Crippen LogP contribution is 2.57. The standard InChI is InChI=1S/C48H39N/c1-47(2)41-26-16-28-44(49(34-19-9-6-10-20-34)43-27-14-12-21-35(43)32-17-7-5-8-18-32)45(41)39-30-29-33(31-42(39)47)36-23-15-24-38-37-22-11-13-25-40(37)48(3,4)46(36)38/h5-31H,1-4H3. The Morgan fingerprint density at radius 1 is 0.367 bits per heavy atom. The summed E-state index contributed by atoms with van der Waals surface area (Å²) in [6.45, 7) is 9.55. The topological polar surface area (TPSA) is 3.24 Å². The lowest BCUT2D eigenvalue weighted by atomic mass is 9.77. The molecule has 0 aromatic heterocycles. The van der Waals surface area contributed by atoms with Crippen molar-refractivity contribution in [1.29, 1.82) is 0 Å². The summed E-state index contributed by atoms with van der Waals surface area (Å²) in [5, 5.41) is 0. The van der Waals surface area contributed by atoms with E-state index in [9.17, 15) is 0 Å². The van der Waals surface area contributed by atoms with Gasteiger partial charge in [-0.15, -0.1) is 0 Å². The van der Waals surface area contributed by atoms with E-state index in [0.717, 1.165) is 11.4 Å². The van der Waals surface area contributed by atoms with Crippen LogP contribution in [0.5, 0.6) is 0 Å². The molecule has 7 aromatic rings. The molecule has 0 saturated heterocycles. The van der Waals surface area contributed by atoms with Crippen molar-refractivity contribution in [3.05, 3.63) is 186 Å². The van der Waals surface area contributed by atoms with Gasteiger partial charge in [-0.05, 0) is 86.0 Å². The van der Waals surface area contributed by atoms with E-state index in [-0.39, 0.29) is 10.8 Å². The van der Waals surface area contributed by atoms with Crippen LogP contribution in [0.1, 0.15) is 49.9 Å². The minimum absolute atomic E-state index is 0.0739. The van der Waals surface area contributed by atoms with E-state index >= 15 is 0 Å². The largest absolute Gasteiger partial charge is 0.309 e. The summed E-state index contributed by atoms with van der Waals surface area (Å²) < 4.78 is 0. The van der Waals surface area contributed by atoms with Gasteiger partial charge >= 0.3 is 0 Å². The molecular weight excluding hydrogens is 591 g/mol. The molecule has 236 valence electrons. The van der Waals surface area contributed by atoms with Crippen LogP contribution in [0.3, 0.4) is 0 Å². The molecule has 7 aromatic carbocycles. The third-order valence-corrected chi connectivity index (χ3v) is 11.1. The average molecular weight is 630 g/mol. The van der Waals surface area contributed by atoms with Crippen LogP contribution in [0.15, 0.2) is 164 Å². The lowest BCUT2D eigenvalue weighted by Gasteiger charge is -2.30. The Bertz CT molecular complexity index is 2380. The SMILES string of the molecule is CC1(C)c2cc(-c3cccc4c3C(C)(C)c3ccccc3-4)ccc2-c2c(N(c3ccccc3)c3ccccc3-c3ccccc3)cccc21. The minimum atomic E-state index is -0.172. The number of benzene rings is 7. The Labute approximate surface area is 290 Å². The predicted octanol–water partition coefficient (Wildman–Crippen LogP) is 13.1. The molecule has 0 amide bonds. The Morgan fingerprint density at radius 2 is 0.959 bits per heavy atom. The number of fused-ring (bicyclic) bond motifs is 6. The molecule has 0 bridgehead atoms. The second kappa shape index (κ2) is 10.9. The van der Waals surface area contributed by atoms with E-state index in [4.69, 9.17) is 0 Å². The Hall–Kier alpha value is -5.66. The normalized spacial score (nSPS) is 14.4. The fourth-order valence-electron chi connectivity index (χ4n) is 8.73. The molecule has 0 fully saturated rings. The predicted molar refractivity (Wildman–Crippen MR) is 207 cm³/mol. The van der Waals surface area contributed by atoms with Crippen LogP contribution >= 0.6 is 0 Å². The van der Waals surface area contributed by atoms with E-state index < -0.39 is 0 Å². The first-order valence-electron chi connectivity index (χ1n) is 17.4. The highest BCUT2D eigenvalue weighted by Gasteiger charge is 2.40. The lowest BCUT2D eigenvalue weighted by molar-refractivity contribution is 0.659. The highest BCUT2D eigenvalue weighted by molar-refractivity contribution is 5.98. The van der Waals surface area contributed by atoms with Crippen LogP contribution in [0, 0.1) is 0 Å². The maximum absolute atomic E-state index is 2.48. The van der Waals surface area contributed by atoms with Crippen molar-refractivity contribution in [2.45, 2.75) is 38.5 Å². The fourth-order valence-corrected chi connectivity index (χ4v) is 8.73. The third kappa shape index (κ3) is 4.39. The summed E-state index contributed by atoms with van der Waals surface area (Å²) in [5.41, 5.74) is 19.2. The average Bonchev–Trinajstić information content (AvgIpc) is 3.53. The van der Waals surface area contributed by atoms with Gasteiger partial charge in [0.15, 0.2) is 0 Å². The molecule has 2 aliphatic rings. The summed E-state index contributed by atoms with van der Waals surface area (Å²) >= 11 is 0. The van der Waals surface area contributed by atoms with E-state index in [0.29, 0.717) is 0 Å². The van der Waals surface area contributed by atoms with Gasteiger partial charge in [0.25, 0.3) is 0 Å². The Morgan fingerprint density at radius 3 is 1.76 bits per heavy atom. The van der Waals surface area contributed by atoms with Crippen LogP contribution in [-0.4, -0.2) is 0 Å². The second-order valence-electron chi connectivity index (χ2n) is 14.5. The summed E-state index contributed by atoms with van der Waals surface area (Å²) in [6, 6.07) is 60.3. The lowest BCUT2D eigenvalue weighted by Crippen LogP contribution is -2.17. The van der Waals surface area contributed by atoms with Gasteiger partial charge in [0, 0.05) is 27.6 Å². The van der Waals surface area contributed by atoms with Crippen LogP contribution in [0.2, 0.25) is 0 Å². The van der Waals surface area contributed by atoms with Crippen molar-refractivity contribution in [2.75, 3.05) is 4.90 Å². The van der Waals surface area contributed by atoms with E-state index in [1.807, 2.05) is 0 Å². The van der Waals surface area contributed by atoms with Crippen molar-refractivity contribution in [1.82, 2.24) is 0 Å². The van der Waals surface area contributed by atoms with Crippen molar-refractivity contribution in [2.24, 2.45) is 0 Å². The molecule has 0 saturated carbocycles. The van der Waals surface area contributed by atoms with Crippen molar-refractivity contribution in [3.8, 4) is 44.5 Å². The fraction of sp³-hybridized carbons (Fsp3) is 0.125. The van der Waals surface area contributed by atoms with E-state index in [1.165, 1.54) is 72.4 Å². The molecule has 49 heavy (non-hydrogen) atoms. The zero-order valence-corrected chi connectivity index (χ0v) is 28.5. The first-order chi connectivity index (χ1) is 23.9. The van der Waals surface area contributed by atoms with Crippen LogP contribution in [0.4, 0.5) is 17.1 Å². The molecule has 1 heteroatoms. The molecule has 1 nitrogen and oxygen atoms in total. The number of anilines is 3. The van der Waals surface area contributed by atoms with Crippen molar-refractivity contribution in [3.63, 3.8) is 0 Å². The zero-order chi connectivity index (χ0) is 33.3. The van der Waals surface area contributed by atoms with Crippen molar-refractivity contribution < 1.29 is 0 Å².